The third kappa shape index (κ3) is 4.38. The van der Waals surface area contributed by atoms with Crippen LogP contribution in [-0.2, 0) is 14.8 Å². The molecule has 1 saturated heterocycles. The van der Waals surface area contributed by atoms with Crippen LogP contribution in [0.15, 0.2) is 53.4 Å². The average molecular weight is 435 g/mol. The molecule has 4 rings (SSSR count). The molecule has 1 aliphatic heterocycles. The first-order valence-corrected chi connectivity index (χ1v) is 11.3. The van der Waals surface area contributed by atoms with E-state index in [4.69, 9.17) is 0 Å². The van der Waals surface area contributed by atoms with Gasteiger partial charge >= 0.3 is 0 Å². The Morgan fingerprint density at radius 1 is 0.967 bits per heavy atom. The van der Waals surface area contributed by atoms with Gasteiger partial charge in [-0.3, -0.25) is 9.69 Å². The summed E-state index contributed by atoms with van der Waals surface area (Å²) in [7, 11) is -3.96. The molecule has 1 aliphatic carbocycles. The number of carbonyl (C=O) groups excluding carboxylic acids is 1. The van der Waals surface area contributed by atoms with Crippen molar-refractivity contribution in [1.29, 1.82) is 0 Å². The smallest absolute Gasteiger partial charge is 0.246 e. The number of nitrogens with one attached hydrogen (secondary N) is 1. The third-order valence-corrected chi connectivity index (χ3v) is 7.38. The quantitative estimate of drug-likeness (QED) is 0.756. The fraction of sp³-hybridized carbons (Fsp3) is 0.381. The zero-order chi connectivity index (χ0) is 21.3. The molecule has 1 N–H and O–H groups in total. The van der Waals surface area contributed by atoms with Crippen LogP contribution in [0.1, 0.15) is 24.4 Å². The van der Waals surface area contributed by atoms with Crippen molar-refractivity contribution in [3.05, 3.63) is 65.7 Å². The summed E-state index contributed by atoms with van der Waals surface area (Å²) in [6, 6.07) is 10.6. The van der Waals surface area contributed by atoms with Crippen molar-refractivity contribution in [2.75, 3.05) is 26.2 Å². The molecule has 2 aromatic rings. The second kappa shape index (κ2) is 8.41. The molecule has 0 spiro atoms. The molecule has 1 heterocycles. The van der Waals surface area contributed by atoms with Gasteiger partial charge < -0.3 is 5.32 Å². The number of rotatable bonds is 6. The van der Waals surface area contributed by atoms with Crippen molar-refractivity contribution in [1.82, 2.24) is 14.5 Å². The molecule has 1 unspecified atom stereocenters. The molecule has 30 heavy (non-hydrogen) atoms. The van der Waals surface area contributed by atoms with Crippen LogP contribution in [0.3, 0.4) is 0 Å². The van der Waals surface area contributed by atoms with Crippen LogP contribution < -0.4 is 5.32 Å². The van der Waals surface area contributed by atoms with Crippen molar-refractivity contribution < 1.29 is 22.0 Å². The van der Waals surface area contributed by atoms with E-state index in [9.17, 15) is 22.0 Å². The zero-order valence-corrected chi connectivity index (χ0v) is 17.1. The average Bonchev–Trinajstić information content (AvgIpc) is 3.54. The van der Waals surface area contributed by atoms with Crippen LogP contribution >= 0.6 is 0 Å². The van der Waals surface area contributed by atoms with Gasteiger partial charge in [-0.2, -0.15) is 4.31 Å². The van der Waals surface area contributed by atoms with E-state index < -0.39 is 21.9 Å². The van der Waals surface area contributed by atoms with E-state index in [1.807, 2.05) is 4.90 Å². The number of hydrogen-bond acceptors (Lipinski definition) is 4. The van der Waals surface area contributed by atoms with E-state index in [0.717, 1.165) is 18.9 Å². The van der Waals surface area contributed by atoms with Crippen LogP contribution in [-0.4, -0.2) is 55.8 Å². The first-order chi connectivity index (χ1) is 14.4. The summed E-state index contributed by atoms with van der Waals surface area (Å²) in [5.74, 6) is -1.34. The van der Waals surface area contributed by atoms with E-state index in [2.05, 4.69) is 5.32 Å². The summed E-state index contributed by atoms with van der Waals surface area (Å²) in [5.41, 5.74) is 0.653. The lowest BCUT2D eigenvalue weighted by Crippen LogP contribution is -2.52. The van der Waals surface area contributed by atoms with Crippen molar-refractivity contribution in [2.24, 2.45) is 0 Å². The number of hydrogen-bond donors (Lipinski definition) is 1. The topological polar surface area (TPSA) is 69.7 Å². The number of benzene rings is 2. The van der Waals surface area contributed by atoms with Gasteiger partial charge in [0.1, 0.15) is 22.6 Å². The number of sulfonamides is 1. The van der Waals surface area contributed by atoms with Crippen molar-refractivity contribution in [2.45, 2.75) is 29.8 Å². The Balaban J connectivity index is 1.51. The van der Waals surface area contributed by atoms with Crippen molar-refractivity contribution >= 4 is 15.9 Å². The molecule has 6 nitrogen and oxygen atoms in total. The molecule has 160 valence electrons. The molecule has 0 bridgehead atoms. The van der Waals surface area contributed by atoms with Gasteiger partial charge in [0, 0.05) is 32.2 Å². The van der Waals surface area contributed by atoms with E-state index in [1.54, 1.807) is 12.1 Å². The summed E-state index contributed by atoms with van der Waals surface area (Å²) >= 11 is 0. The first-order valence-electron chi connectivity index (χ1n) is 9.91. The Labute approximate surface area is 174 Å². The summed E-state index contributed by atoms with van der Waals surface area (Å²) in [4.78, 5) is 14.4. The molecule has 2 fully saturated rings. The zero-order valence-electron chi connectivity index (χ0n) is 16.3. The highest BCUT2D eigenvalue weighted by Crippen LogP contribution is 2.28. The van der Waals surface area contributed by atoms with Crippen LogP contribution in [0.5, 0.6) is 0 Å². The predicted molar refractivity (Wildman–Crippen MR) is 107 cm³/mol. The third-order valence-electron chi connectivity index (χ3n) is 5.45. The molecule has 1 atom stereocenters. The SMILES string of the molecule is O=C(NC1CC1)C(c1ccc(F)cc1)N1CCN(S(=O)(=O)c2ccccc2F)CC1. The summed E-state index contributed by atoms with van der Waals surface area (Å²) in [6.07, 6.45) is 1.88. The molecule has 1 amide bonds. The van der Waals surface area contributed by atoms with Gasteiger partial charge in [0.2, 0.25) is 15.9 Å². The summed E-state index contributed by atoms with van der Waals surface area (Å²) < 4.78 is 54.3. The van der Waals surface area contributed by atoms with Crippen molar-refractivity contribution in [3.8, 4) is 0 Å². The van der Waals surface area contributed by atoms with Crippen LogP contribution in [0.2, 0.25) is 0 Å². The van der Waals surface area contributed by atoms with Gasteiger partial charge in [0.25, 0.3) is 0 Å². The second-order valence-corrected chi connectivity index (χ2v) is 9.51. The summed E-state index contributed by atoms with van der Waals surface area (Å²) in [5, 5.41) is 2.98. The molecule has 2 aliphatic rings. The maximum atomic E-state index is 14.0. The molecular formula is C21H23F2N3O3S. The van der Waals surface area contributed by atoms with Gasteiger partial charge in [-0.05, 0) is 42.7 Å². The molecule has 0 aromatic heterocycles. The fourth-order valence-electron chi connectivity index (χ4n) is 3.68. The lowest BCUT2D eigenvalue weighted by Gasteiger charge is -2.38. The maximum absolute atomic E-state index is 14.0. The van der Waals surface area contributed by atoms with Crippen LogP contribution in [0.25, 0.3) is 0 Å². The highest BCUT2D eigenvalue weighted by atomic mass is 32.2. The Kier molecular flexibility index (Phi) is 5.86. The van der Waals surface area contributed by atoms with Crippen molar-refractivity contribution in [3.63, 3.8) is 0 Å². The Bertz CT molecular complexity index is 1020. The number of nitrogens with zero attached hydrogens (tertiary/aromatic N) is 2. The van der Waals surface area contributed by atoms with E-state index in [1.165, 1.54) is 34.6 Å². The number of amides is 1. The summed E-state index contributed by atoms with van der Waals surface area (Å²) in [6.45, 7) is 0.859. The van der Waals surface area contributed by atoms with Crippen LogP contribution in [0, 0.1) is 11.6 Å². The van der Waals surface area contributed by atoms with E-state index in [-0.39, 0.29) is 35.8 Å². The lowest BCUT2D eigenvalue weighted by molar-refractivity contribution is -0.127. The molecule has 2 aromatic carbocycles. The normalized spacial score (nSPS) is 19.4. The van der Waals surface area contributed by atoms with Gasteiger partial charge in [-0.25, -0.2) is 17.2 Å². The molecular weight excluding hydrogens is 412 g/mol. The first kappa shape index (κ1) is 20.9. The van der Waals surface area contributed by atoms with Crippen LogP contribution in [0.4, 0.5) is 8.78 Å². The lowest BCUT2D eigenvalue weighted by atomic mass is 10.0. The standard InChI is InChI=1S/C21H23F2N3O3S/c22-16-7-5-15(6-8-16)20(21(27)24-17-9-10-17)25-11-13-26(14-12-25)30(28,29)19-4-2-1-3-18(19)23/h1-8,17,20H,9-14H2,(H,24,27). The largest absolute Gasteiger partial charge is 0.352 e. The number of halogens is 2. The Hall–Kier alpha value is -2.36. The highest BCUT2D eigenvalue weighted by Gasteiger charge is 2.36. The fourth-order valence-corrected chi connectivity index (χ4v) is 5.16. The van der Waals surface area contributed by atoms with Gasteiger partial charge in [0.05, 0.1) is 0 Å². The molecule has 1 saturated carbocycles. The number of carbonyl (C=O) groups is 1. The minimum Gasteiger partial charge on any atom is -0.352 e. The van der Waals surface area contributed by atoms with E-state index in [0.29, 0.717) is 18.7 Å². The van der Waals surface area contributed by atoms with Gasteiger partial charge in [-0.15, -0.1) is 0 Å². The van der Waals surface area contributed by atoms with Gasteiger partial charge in [0.15, 0.2) is 0 Å². The number of piperazine rings is 1. The Morgan fingerprint density at radius 2 is 1.60 bits per heavy atom. The monoisotopic (exact) mass is 435 g/mol. The predicted octanol–water partition coefficient (Wildman–Crippen LogP) is 2.29. The maximum Gasteiger partial charge on any atom is 0.246 e. The Morgan fingerprint density at radius 3 is 2.20 bits per heavy atom. The minimum absolute atomic E-state index is 0.130. The second-order valence-electron chi connectivity index (χ2n) is 7.61. The van der Waals surface area contributed by atoms with E-state index >= 15 is 0 Å². The molecule has 0 radical (unpaired) electrons. The van der Waals surface area contributed by atoms with Gasteiger partial charge in [-0.1, -0.05) is 24.3 Å². The molecule has 9 heteroatoms. The highest BCUT2D eigenvalue weighted by molar-refractivity contribution is 7.89. The minimum atomic E-state index is -3.96.